The Bertz CT molecular complexity index is 504. The Balaban J connectivity index is 1.73. The number of carbonyl (C=O) groups is 1. The molecule has 1 heterocycles. The van der Waals surface area contributed by atoms with E-state index in [-0.39, 0.29) is 12.0 Å². The van der Waals surface area contributed by atoms with Gasteiger partial charge in [0, 0.05) is 17.3 Å². The van der Waals surface area contributed by atoms with Crippen molar-refractivity contribution in [1.29, 1.82) is 0 Å². The van der Waals surface area contributed by atoms with E-state index in [4.69, 9.17) is 5.11 Å². The second-order valence-electron chi connectivity index (χ2n) is 5.90. The lowest BCUT2D eigenvalue weighted by atomic mass is 10.1. The first-order chi connectivity index (χ1) is 9.74. The van der Waals surface area contributed by atoms with Gasteiger partial charge in [0.25, 0.3) is 0 Å². The molecule has 5 heteroatoms. The van der Waals surface area contributed by atoms with Gasteiger partial charge in [0.15, 0.2) is 0 Å². The molecule has 2 aliphatic carbocycles. The third kappa shape index (κ3) is 2.76. The van der Waals surface area contributed by atoms with Crippen molar-refractivity contribution < 1.29 is 9.90 Å². The first kappa shape index (κ1) is 13.3. The van der Waals surface area contributed by atoms with E-state index in [9.17, 15) is 4.79 Å². The molecule has 1 saturated carbocycles. The molecule has 1 fully saturated rings. The predicted molar refractivity (Wildman–Crippen MR) is 75.7 cm³/mol. The van der Waals surface area contributed by atoms with Gasteiger partial charge in [-0.25, -0.2) is 9.97 Å². The maximum Gasteiger partial charge on any atom is 0.306 e. The van der Waals surface area contributed by atoms with Gasteiger partial charge in [0.1, 0.15) is 12.1 Å². The number of carboxylic acids is 1. The van der Waals surface area contributed by atoms with Gasteiger partial charge < -0.3 is 10.4 Å². The summed E-state index contributed by atoms with van der Waals surface area (Å²) in [5.74, 6) is 0.0664. The van der Waals surface area contributed by atoms with Crippen LogP contribution in [0.5, 0.6) is 0 Å². The van der Waals surface area contributed by atoms with Crippen LogP contribution in [0.25, 0.3) is 0 Å². The molecule has 0 spiro atoms. The molecule has 0 bridgehead atoms. The summed E-state index contributed by atoms with van der Waals surface area (Å²) in [5.41, 5.74) is 2.43. The van der Waals surface area contributed by atoms with E-state index in [1.54, 1.807) is 6.33 Å². The van der Waals surface area contributed by atoms with E-state index < -0.39 is 5.97 Å². The number of hydrogen-bond donors (Lipinski definition) is 2. The summed E-state index contributed by atoms with van der Waals surface area (Å²) in [6.07, 6.45) is 9.73. The number of hydrogen-bond acceptors (Lipinski definition) is 4. The van der Waals surface area contributed by atoms with Gasteiger partial charge in [-0.05, 0) is 44.9 Å². The molecule has 2 atom stereocenters. The van der Waals surface area contributed by atoms with Crippen molar-refractivity contribution in [1.82, 2.24) is 9.97 Å². The molecule has 2 N–H and O–H groups in total. The van der Waals surface area contributed by atoms with Crippen molar-refractivity contribution in [3.05, 3.63) is 17.6 Å². The SMILES string of the molecule is O=C(O)[C@@H]1CC[C@H](Nc2ncnc3c2CCCCC3)C1. The van der Waals surface area contributed by atoms with Crippen molar-refractivity contribution in [2.75, 3.05) is 5.32 Å². The fourth-order valence-corrected chi connectivity index (χ4v) is 3.35. The molecule has 1 aromatic heterocycles. The number of carboxylic acid groups (broad SMARTS) is 1. The van der Waals surface area contributed by atoms with E-state index >= 15 is 0 Å². The zero-order valence-corrected chi connectivity index (χ0v) is 11.6. The summed E-state index contributed by atoms with van der Waals surface area (Å²) in [6, 6.07) is 0.235. The first-order valence-corrected chi connectivity index (χ1v) is 7.56. The van der Waals surface area contributed by atoms with E-state index in [0.717, 1.165) is 31.5 Å². The smallest absolute Gasteiger partial charge is 0.306 e. The van der Waals surface area contributed by atoms with Crippen LogP contribution in [0, 0.1) is 5.92 Å². The topological polar surface area (TPSA) is 75.1 Å². The second kappa shape index (κ2) is 5.77. The van der Waals surface area contributed by atoms with Gasteiger partial charge >= 0.3 is 5.97 Å². The van der Waals surface area contributed by atoms with Gasteiger partial charge in [-0.3, -0.25) is 4.79 Å². The number of aliphatic carboxylic acids is 1. The van der Waals surface area contributed by atoms with Gasteiger partial charge in [0.2, 0.25) is 0 Å². The van der Waals surface area contributed by atoms with Crippen LogP contribution >= 0.6 is 0 Å². The average Bonchev–Trinajstić information content (AvgIpc) is 2.76. The van der Waals surface area contributed by atoms with Crippen LogP contribution in [-0.4, -0.2) is 27.1 Å². The van der Waals surface area contributed by atoms with Gasteiger partial charge in [-0.1, -0.05) is 6.42 Å². The Morgan fingerprint density at radius 1 is 1.20 bits per heavy atom. The molecule has 1 aromatic rings. The molecular weight excluding hydrogens is 254 g/mol. The van der Waals surface area contributed by atoms with Crippen LogP contribution in [0.15, 0.2) is 6.33 Å². The molecule has 0 saturated heterocycles. The number of aromatic nitrogens is 2. The van der Waals surface area contributed by atoms with E-state index in [0.29, 0.717) is 6.42 Å². The highest BCUT2D eigenvalue weighted by molar-refractivity contribution is 5.70. The lowest BCUT2D eigenvalue weighted by molar-refractivity contribution is -0.141. The molecule has 3 rings (SSSR count). The minimum absolute atomic E-state index is 0.201. The number of fused-ring (bicyclic) bond motifs is 1. The lowest BCUT2D eigenvalue weighted by Gasteiger charge is -2.17. The van der Waals surface area contributed by atoms with Crippen molar-refractivity contribution >= 4 is 11.8 Å². The first-order valence-electron chi connectivity index (χ1n) is 7.56. The highest BCUT2D eigenvalue weighted by Gasteiger charge is 2.30. The van der Waals surface area contributed by atoms with Gasteiger partial charge in [0.05, 0.1) is 5.92 Å². The molecule has 108 valence electrons. The summed E-state index contributed by atoms with van der Waals surface area (Å²) in [6.45, 7) is 0. The Hall–Kier alpha value is -1.65. The zero-order valence-electron chi connectivity index (χ0n) is 11.6. The molecule has 0 aromatic carbocycles. The maximum absolute atomic E-state index is 11.0. The van der Waals surface area contributed by atoms with E-state index in [2.05, 4.69) is 15.3 Å². The number of aryl methyl sites for hydroxylation is 1. The number of rotatable bonds is 3. The van der Waals surface area contributed by atoms with Gasteiger partial charge in [-0.2, -0.15) is 0 Å². The molecule has 20 heavy (non-hydrogen) atoms. The molecule has 5 nitrogen and oxygen atoms in total. The third-order valence-corrected chi connectivity index (χ3v) is 4.50. The highest BCUT2D eigenvalue weighted by atomic mass is 16.4. The molecule has 0 unspecified atom stereocenters. The Kier molecular flexibility index (Phi) is 3.85. The van der Waals surface area contributed by atoms with Crippen molar-refractivity contribution in [3.63, 3.8) is 0 Å². The van der Waals surface area contributed by atoms with Crippen molar-refractivity contribution in [2.24, 2.45) is 5.92 Å². The largest absolute Gasteiger partial charge is 0.481 e. The molecule has 0 radical (unpaired) electrons. The Labute approximate surface area is 118 Å². The molecule has 0 amide bonds. The summed E-state index contributed by atoms with van der Waals surface area (Å²) >= 11 is 0. The normalized spacial score (nSPS) is 25.8. The van der Waals surface area contributed by atoms with E-state index in [1.807, 2.05) is 0 Å². The minimum Gasteiger partial charge on any atom is -0.481 e. The highest BCUT2D eigenvalue weighted by Crippen LogP contribution is 2.30. The maximum atomic E-state index is 11.0. The average molecular weight is 275 g/mol. The van der Waals surface area contributed by atoms with E-state index in [1.165, 1.54) is 30.5 Å². The monoisotopic (exact) mass is 275 g/mol. The standard InChI is InChI=1S/C15H21N3O2/c19-15(20)10-6-7-11(8-10)18-14-12-4-2-1-3-5-13(12)16-9-17-14/h9-11H,1-8H2,(H,19,20)(H,16,17,18)/t10-,11+/m1/s1. The molecule has 2 aliphatic rings. The fourth-order valence-electron chi connectivity index (χ4n) is 3.35. The van der Waals surface area contributed by atoms with Crippen LogP contribution < -0.4 is 5.32 Å². The minimum atomic E-state index is -0.671. The Morgan fingerprint density at radius 2 is 2.05 bits per heavy atom. The fraction of sp³-hybridized carbons (Fsp3) is 0.667. The summed E-state index contributed by atoms with van der Waals surface area (Å²) in [5, 5.41) is 12.5. The lowest BCUT2D eigenvalue weighted by Crippen LogP contribution is -2.20. The van der Waals surface area contributed by atoms with Crippen LogP contribution in [0.3, 0.4) is 0 Å². The van der Waals surface area contributed by atoms with Crippen LogP contribution in [-0.2, 0) is 17.6 Å². The Morgan fingerprint density at radius 3 is 2.85 bits per heavy atom. The van der Waals surface area contributed by atoms with Crippen molar-refractivity contribution in [3.8, 4) is 0 Å². The quantitative estimate of drug-likeness (QED) is 0.829. The van der Waals surface area contributed by atoms with Crippen LogP contribution in [0.4, 0.5) is 5.82 Å². The van der Waals surface area contributed by atoms with Crippen LogP contribution in [0.1, 0.15) is 49.8 Å². The van der Waals surface area contributed by atoms with Crippen molar-refractivity contribution in [2.45, 2.75) is 57.4 Å². The summed E-state index contributed by atoms with van der Waals surface area (Å²) < 4.78 is 0. The van der Waals surface area contributed by atoms with Crippen LogP contribution in [0.2, 0.25) is 0 Å². The molecular formula is C15H21N3O2. The predicted octanol–water partition coefficient (Wildman–Crippen LogP) is 2.41. The summed E-state index contributed by atoms with van der Waals surface area (Å²) in [4.78, 5) is 19.8. The number of anilines is 1. The summed E-state index contributed by atoms with van der Waals surface area (Å²) in [7, 11) is 0. The third-order valence-electron chi connectivity index (χ3n) is 4.50. The van der Waals surface area contributed by atoms with Gasteiger partial charge in [-0.15, -0.1) is 0 Å². The molecule has 0 aliphatic heterocycles. The second-order valence-corrected chi connectivity index (χ2v) is 5.90. The number of nitrogens with zero attached hydrogens (tertiary/aromatic N) is 2. The number of nitrogens with one attached hydrogen (secondary N) is 1. The zero-order chi connectivity index (χ0) is 13.9.